The highest BCUT2D eigenvalue weighted by Gasteiger charge is 2.40. The summed E-state index contributed by atoms with van der Waals surface area (Å²) >= 11 is 0. The number of nitrogens with one attached hydrogen (secondary N) is 1. The van der Waals surface area contributed by atoms with E-state index in [9.17, 15) is 4.39 Å². The molecule has 0 radical (unpaired) electrons. The predicted octanol–water partition coefficient (Wildman–Crippen LogP) is 4.69. The molecule has 2 atom stereocenters. The number of fused-ring (bicyclic) bond motifs is 3. The molecular weight excluding hydrogens is 325 g/mol. The Morgan fingerprint density at radius 2 is 1.73 bits per heavy atom. The van der Waals surface area contributed by atoms with Crippen LogP contribution in [0, 0.1) is 11.7 Å². The molecule has 3 aromatic rings. The Kier molecular flexibility index (Phi) is 4.01. The number of imidazole rings is 1. The van der Waals surface area contributed by atoms with E-state index in [1.807, 2.05) is 24.3 Å². The summed E-state index contributed by atoms with van der Waals surface area (Å²) in [5.41, 5.74) is 3.04. The van der Waals surface area contributed by atoms with Crippen LogP contribution in [0.2, 0.25) is 0 Å². The first-order valence-corrected chi connectivity index (χ1v) is 9.69. The molecule has 2 aliphatic heterocycles. The van der Waals surface area contributed by atoms with Crippen molar-refractivity contribution in [2.24, 2.45) is 5.92 Å². The van der Waals surface area contributed by atoms with E-state index in [1.165, 1.54) is 25.7 Å². The monoisotopic (exact) mass is 349 g/mol. The van der Waals surface area contributed by atoms with Crippen LogP contribution in [0.15, 0.2) is 48.5 Å². The molecule has 1 N–H and O–H groups in total. The number of hydrogen-bond donors (Lipinski definition) is 1. The predicted molar refractivity (Wildman–Crippen MR) is 101 cm³/mol. The van der Waals surface area contributed by atoms with Crippen LogP contribution >= 0.6 is 0 Å². The van der Waals surface area contributed by atoms with Crippen molar-refractivity contribution < 1.29 is 4.39 Å². The number of aromatic amines is 1. The topological polar surface area (TPSA) is 31.9 Å². The average Bonchev–Trinajstić information content (AvgIpc) is 3.15. The van der Waals surface area contributed by atoms with Gasteiger partial charge in [-0.1, -0.05) is 30.3 Å². The van der Waals surface area contributed by atoms with Gasteiger partial charge < -0.3 is 4.98 Å². The molecule has 2 saturated heterocycles. The Balaban J connectivity index is 1.29. The molecule has 2 aromatic carbocycles. The van der Waals surface area contributed by atoms with Crippen LogP contribution < -0.4 is 0 Å². The van der Waals surface area contributed by atoms with Crippen LogP contribution in [-0.2, 0) is 13.0 Å². The summed E-state index contributed by atoms with van der Waals surface area (Å²) in [5, 5.41) is 0. The fourth-order valence-electron chi connectivity index (χ4n) is 5.04. The highest BCUT2D eigenvalue weighted by Crippen LogP contribution is 2.40. The zero-order valence-corrected chi connectivity index (χ0v) is 14.9. The first kappa shape index (κ1) is 16.0. The summed E-state index contributed by atoms with van der Waals surface area (Å²) in [5.74, 6) is 1.61. The molecule has 0 amide bonds. The lowest BCUT2D eigenvalue weighted by atomic mass is 9.85. The number of H-pyrrole nitrogens is 1. The van der Waals surface area contributed by atoms with Crippen LogP contribution in [0.4, 0.5) is 4.39 Å². The number of piperidine rings is 1. The molecular formula is C22H24FN3. The minimum atomic E-state index is -0.0513. The largest absolute Gasteiger partial charge is 0.341 e. The highest BCUT2D eigenvalue weighted by atomic mass is 19.1. The third-order valence-corrected chi connectivity index (χ3v) is 6.22. The van der Waals surface area contributed by atoms with Crippen LogP contribution in [-0.4, -0.2) is 27.0 Å². The molecule has 3 heterocycles. The van der Waals surface area contributed by atoms with E-state index in [2.05, 4.69) is 22.0 Å². The number of benzene rings is 2. The molecule has 0 saturated carbocycles. The van der Waals surface area contributed by atoms with Gasteiger partial charge in [0.25, 0.3) is 0 Å². The molecule has 2 fully saturated rings. The summed E-state index contributed by atoms with van der Waals surface area (Å²) in [6.45, 7) is 0.899. The van der Waals surface area contributed by atoms with Gasteiger partial charge in [0.15, 0.2) is 0 Å². The average molecular weight is 349 g/mol. The van der Waals surface area contributed by atoms with Crippen molar-refractivity contribution in [2.75, 3.05) is 0 Å². The molecule has 3 nitrogen and oxygen atoms in total. The Hall–Kier alpha value is -2.20. The Labute approximate surface area is 153 Å². The number of rotatable bonds is 4. The second kappa shape index (κ2) is 6.51. The molecule has 134 valence electrons. The van der Waals surface area contributed by atoms with Gasteiger partial charge in [0.2, 0.25) is 0 Å². The van der Waals surface area contributed by atoms with E-state index < -0.39 is 0 Å². The van der Waals surface area contributed by atoms with Gasteiger partial charge in [-0.2, -0.15) is 0 Å². The maximum atomic E-state index is 14.0. The number of halogens is 1. The van der Waals surface area contributed by atoms with Gasteiger partial charge in [0, 0.05) is 12.1 Å². The quantitative estimate of drug-likeness (QED) is 0.741. The van der Waals surface area contributed by atoms with Crippen molar-refractivity contribution in [3.05, 3.63) is 65.7 Å². The molecule has 5 rings (SSSR count). The zero-order valence-electron chi connectivity index (χ0n) is 14.9. The fraction of sp³-hybridized carbons (Fsp3) is 0.409. The maximum absolute atomic E-state index is 14.0. The highest BCUT2D eigenvalue weighted by molar-refractivity contribution is 5.74. The van der Waals surface area contributed by atoms with E-state index in [4.69, 9.17) is 4.98 Å². The summed E-state index contributed by atoms with van der Waals surface area (Å²) in [6, 6.07) is 16.7. The van der Waals surface area contributed by atoms with Crippen LogP contribution in [0.1, 0.15) is 37.1 Å². The van der Waals surface area contributed by atoms with Crippen molar-refractivity contribution in [3.63, 3.8) is 0 Å². The van der Waals surface area contributed by atoms with Crippen molar-refractivity contribution in [3.8, 4) is 0 Å². The van der Waals surface area contributed by atoms with Gasteiger partial charge in [0.1, 0.15) is 11.6 Å². The van der Waals surface area contributed by atoms with Gasteiger partial charge in [-0.15, -0.1) is 0 Å². The summed E-state index contributed by atoms with van der Waals surface area (Å²) in [6.07, 6.45) is 5.74. The molecule has 26 heavy (non-hydrogen) atoms. The lowest BCUT2D eigenvalue weighted by Crippen LogP contribution is -2.43. The third kappa shape index (κ3) is 2.92. The molecule has 2 unspecified atom stereocenters. The van der Waals surface area contributed by atoms with E-state index >= 15 is 0 Å². The van der Waals surface area contributed by atoms with Gasteiger partial charge in [-0.25, -0.2) is 9.37 Å². The fourth-order valence-corrected chi connectivity index (χ4v) is 5.04. The smallest absolute Gasteiger partial charge is 0.126 e. The third-order valence-electron chi connectivity index (χ3n) is 6.22. The number of hydrogen-bond acceptors (Lipinski definition) is 2. The lowest BCUT2D eigenvalue weighted by molar-refractivity contribution is 0.0934. The summed E-state index contributed by atoms with van der Waals surface area (Å²) in [4.78, 5) is 10.9. The SMILES string of the molecule is Fc1ccccc1CC1CC2CCC(C1)N2Cc1nc2ccccc2[nH]1. The van der Waals surface area contributed by atoms with E-state index in [0.717, 1.165) is 35.4 Å². The lowest BCUT2D eigenvalue weighted by Gasteiger charge is -2.38. The normalized spacial score (nSPS) is 25.8. The van der Waals surface area contributed by atoms with Gasteiger partial charge in [-0.05, 0) is 61.8 Å². The van der Waals surface area contributed by atoms with E-state index in [0.29, 0.717) is 18.0 Å². The second-order valence-electron chi connectivity index (χ2n) is 7.89. The van der Waals surface area contributed by atoms with Gasteiger partial charge in [0.05, 0.1) is 17.6 Å². The summed E-state index contributed by atoms with van der Waals surface area (Å²) in [7, 11) is 0. The molecule has 4 heteroatoms. The van der Waals surface area contributed by atoms with Crippen molar-refractivity contribution in [1.82, 2.24) is 14.9 Å². The Bertz CT molecular complexity index is 871. The maximum Gasteiger partial charge on any atom is 0.126 e. The number of para-hydroxylation sites is 2. The van der Waals surface area contributed by atoms with Gasteiger partial charge >= 0.3 is 0 Å². The molecule has 2 aliphatic rings. The Morgan fingerprint density at radius 3 is 2.50 bits per heavy atom. The minimum Gasteiger partial charge on any atom is -0.341 e. The van der Waals surface area contributed by atoms with Gasteiger partial charge in [-0.3, -0.25) is 4.90 Å². The van der Waals surface area contributed by atoms with Crippen molar-refractivity contribution in [1.29, 1.82) is 0 Å². The standard InChI is InChI=1S/C22H24FN3/c23-19-6-2-1-5-16(19)11-15-12-17-9-10-18(13-15)26(17)14-22-24-20-7-3-4-8-21(20)25-22/h1-8,15,17-18H,9-14H2,(H,24,25). The summed E-state index contributed by atoms with van der Waals surface area (Å²) < 4.78 is 14.0. The molecule has 2 bridgehead atoms. The molecule has 0 spiro atoms. The van der Waals surface area contributed by atoms with Crippen LogP contribution in [0.25, 0.3) is 11.0 Å². The minimum absolute atomic E-state index is 0.0513. The van der Waals surface area contributed by atoms with Crippen LogP contribution in [0.5, 0.6) is 0 Å². The molecule has 0 aliphatic carbocycles. The van der Waals surface area contributed by atoms with E-state index in [1.54, 1.807) is 12.1 Å². The van der Waals surface area contributed by atoms with Crippen LogP contribution in [0.3, 0.4) is 0 Å². The van der Waals surface area contributed by atoms with Crippen molar-refractivity contribution in [2.45, 2.75) is 50.7 Å². The molecule has 1 aromatic heterocycles. The number of nitrogens with zero attached hydrogens (tertiary/aromatic N) is 2. The number of aromatic nitrogens is 2. The van der Waals surface area contributed by atoms with Crippen molar-refractivity contribution >= 4 is 11.0 Å². The second-order valence-corrected chi connectivity index (χ2v) is 7.89. The Morgan fingerprint density at radius 1 is 1.00 bits per heavy atom. The van der Waals surface area contributed by atoms with E-state index in [-0.39, 0.29) is 5.82 Å². The first-order chi connectivity index (χ1) is 12.8. The first-order valence-electron chi connectivity index (χ1n) is 9.69. The zero-order chi connectivity index (χ0) is 17.5.